The first kappa shape index (κ1) is 73.0. The molecule has 0 N–H and O–H groups in total. The normalized spacial score (nSPS) is 13.8. The third-order valence-electron chi connectivity index (χ3n) is 29.0. The van der Waals surface area contributed by atoms with E-state index >= 15 is 0 Å². The Morgan fingerprint density at radius 2 is 0.543 bits per heavy atom. The number of rotatable bonds is 10. The summed E-state index contributed by atoms with van der Waals surface area (Å²) < 4.78 is 13.6. The van der Waals surface area contributed by atoms with Crippen molar-refractivity contribution in [2.24, 2.45) is 0 Å². The monoisotopic (exact) mass is 1620 g/mol. The van der Waals surface area contributed by atoms with Gasteiger partial charge in [0.1, 0.15) is 11.2 Å². The smallest absolute Gasteiger partial charge is 0.159 e. The fourth-order valence-corrected chi connectivity index (χ4v) is 22.9. The molecule has 24 aromatic rings. The molecule has 3 aliphatic rings. The summed E-state index contributed by atoms with van der Waals surface area (Å²) in [6, 6.07) is 148. The molecule has 3 aliphatic carbocycles. The van der Waals surface area contributed by atoms with Crippen LogP contribution < -0.4 is 9.80 Å². The lowest BCUT2D eigenvalue weighted by Crippen LogP contribution is -2.18. The van der Waals surface area contributed by atoms with Gasteiger partial charge in [-0.15, -0.1) is 0 Å². The van der Waals surface area contributed by atoms with Gasteiger partial charge >= 0.3 is 0 Å². The van der Waals surface area contributed by atoms with Crippen molar-refractivity contribution >= 4 is 153 Å². The molecule has 0 aliphatic heterocycles. The molecule has 27 rings (SSSR count). The highest BCUT2D eigenvalue weighted by Gasteiger charge is 2.43. The van der Waals surface area contributed by atoms with Crippen molar-refractivity contribution in [1.82, 2.24) is 0 Å². The molecule has 0 amide bonds. The van der Waals surface area contributed by atoms with E-state index in [1.807, 2.05) is 6.07 Å². The molecule has 127 heavy (non-hydrogen) atoms. The highest BCUT2D eigenvalue weighted by atomic mass is 16.3. The van der Waals surface area contributed by atoms with Gasteiger partial charge in [-0.1, -0.05) is 375 Å². The molecular weight excluding hydrogens is 1540 g/mol. The summed E-state index contributed by atoms with van der Waals surface area (Å²) in [6.07, 6.45) is 0. The van der Waals surface area contributed by atoms with Crippen LogP contribution in [0.1, 0.15) is 74.9 Å². The SMILES string of the molecule is CC1(C)c2ccc(-c3ccc4ccc5c(N(c6ccccc6-c6ccccc6)c6cccc7c6oc6ccccc67)ccc6ccc3c4c65)cc2-c2c1ccc1ccccc21.CC1(C)c2ccccc2-c2cc3c(cc21)C(C)(C)c1ccc(-c2ccc4ccc5c(N(c6ccccc6-c6ccccc6)c6cccc7c6oc6ccccc67)ccc6ccc2c4c65)cc1-3. The maximum Gasteiger partial charge on any atom is 0.159 e. The fraction of sp³-hybridized carbons (Fsp3) is 0.0732. The molecule has 2 aromatic heterocycles. The van der Waals surface area contributed by atoms with Gasteiger partial charge in [0.05, 0.1) is 34.1 Å². The summed E-state index contributed by atoms with van der Waals surface area (Å²) >= 11 is 0. The van der Waals surface area contributed by atoms with Gasteiger partial charge in [-0.25, -0.2) is 0 Å². The number of nitrogens with zero attached hydrogens (tertiary/aromatic N) is 2. The zero-order chi connectivity index (χ0) is 84.5. The zero-order valence-electron chi connectivity index (χ0n) is 71.3. The summed E-state index contributed by atoms with van der Waals surface area (Å²) in [7, 11) is 0. The second-order valence-electron chi connectivity index (χ2n) is 36.8. The van der Waals surface area contributed by atoms with E-state index in [1.54, 1.807) is 0 Å². The summed E-state index contributed by atoms with van der Waals surface area (Å²) in [4.78, 5) is 4.87. The van der Waals surface area contributed by atoms with Crippen LogP contribution in [0.25, 0.3) is 197 Å². The largest absolute Gasteiger partial charge is 0.454 e. The molecular formula is C123H84N2O2. The number of anilines is 6. The topological polar surface area (TPSA) is 32.8 Å². The summed E-state index contributed by atoms with van der Waals surface area (Å²) in [5, 5.41) is 22.0. The highest BCUT2D eigenvalue weighted by molar-refractivity contribution is 6.31. The predicted octanol–water partition coefficient (Wildman–Crippen LogP) is 34.6. The molecule has 4 nitrogen and oxygen atoms in total. The van der Waals surface area contributed by atoms with Crippen LogP contribution in [0.3, 0.4) is 0 Å². The van der Waals surface area contributed by atoms with E-state index < -0.39 is 0 Å². The molecule has 4 heteroatoms. The number of fused-ring (bicyclic) bond motifs is 17. The molecule has 598 valence electrons. The Balaban J connectivity index is 0.000000135. The first-order valence-electron chi connectivity index (χ1n) is 44.5. The van der Waals surface area contributed by atoms with Gasteiger partial charge in [-0.3, -0.25) is 0 Å². The van der Waals surface area contributed by atoms with Crippen molar-refractivity contribution in [1.29, 1.82) is 0 Å². The number of benzene rings is 22. The average molecular weight is 1620 g/mol. The summed E-state index contributed by atoms with van der Waals surface area (Å²) in [5.41, 5.74) is 35.9. The van der Waals surface area contributed by atoms with E-state index in [2.05, 4.69) is 446 Å². The maximum atomic E-state index is 6.81. The van der Waals surface area contributed by atoms with Crippen molar-refractivity contribution in [2.75, 3.05) is 9.80 Å². The molecule has 0 saturated carbocycles. The number of hydrogen-bond acceptors (Lipinski definition) is 4. The Hall–Kier alpha value is -15.6. The van der Waals surface area contributed by atoms with Crippen molar-refractivity contribution in [2.45, 2.75) is 57.8 Å². The number of para-hydroxylation sites is 6. The van der Waals surface area contributed by atoms with E-state index in [1.165, 1.54) is 164 Å². The molecule has 22 aromatic carbocycles. The Morgan fingerprint density at radius 3 is 1.08 bits per heavy atom. The van der Waals surface area contributed by atoms with E-state index in [-0.39, 0.29) is 16.2 Å². The van der Waals surface area contributed by atoms with Crippen LogP contribution in [0.2, 0.25) is 0 Å². The summed E-state index contributed by atoms with van der Waals surface area (Å²) in [5.74, 6) is 0. The molecule has 2 heterocycles. The molecule has 0 unspecified atom stereocenters. The third-order valence-corrected chi connectivity index (χ3v) is 29.0. The first-order chi connectivity index (χ1) is 62.3. The molecule has 0 radical (unpaired) electrons. The fourth-order valence-electron chi connectivity index (χ4n) is 22.9. The Morgan fingerprint density at radius 1 is 0.181 bits per heavy atom. The zero-order valence-corrected chi connectivity index (χ0v) is 71.3. The van der Waals surface area contributed by atoms with Crippen molar-refractivity contribution in [3.63, 3.8) is 0 Å². The molecule has 0 fully saturated rings. The number of hydrogen-bond donors (Lipinski definition) is 0. The minimum absolute atomic E-state index is 0.0401. The molecule has 0 spiro atoms. The lowest BCUT2D eigenvalue weighted by molar-refractivity contribution is 0.639. The lowest BCUT2D eigenvalue weighted by atomic mass is 9.77. The maximum absolute atomic E-state index is 6.81. The van der Waals surface area contributed by atoms with Gasteiger partial charge < -0.3 is 18.6 Å². The Kier molecular flexibility index (Phi) is 15.6. The van der Waals surface area contributed by atoms with Gasteiger partial charge in [0.25, 0.3) is 0 Å². The average Bonchev–Trinajstić information content (AvgIpc) is 1.55. The predicted molar refractivity (Wildman–Crippen MR) is 536 cm³/mol. The third kappa shape index (κ3) is 10.6. The van der Waals surface area contributed by atoms with E-state index in [9.17, 15) is 0 Å². The highest BCUT2D eigenvalue weighted by Crippen LogP contribution is 2.60. The minimum atomic E-state index is -0.111. The van der Waals surface area contributed by atoms with Gasteiger partial charge in [0.2, 0.25) is 0 Å². The van der Waals surface area contributed by atoms with Crippen molar-refractivity contribution in [3.05, 3.63) is 434 Å². The van der Waals surface area contributed by atoms with Gasteiger partial charge in [0, 0.05) is 59.7 Å². The second kappa shape index (κ2) is 27.2. The van der Waals surface area contributed by atoms with Crippen LogP contribution in [0, 0.1) is 0 Å². The van der Waals surface area contributed by atoms with Crippen LogP contribution >= 0.6 is 0 Å². The van der Waals surface area contributed by atoms with Gasteiger partial charge in [0.15, 0.2) is 11.2 Å². The van der Waals surface area contributed by atoms with Crippen LogP contribution in [-0.4, -0.2) is 0 Å². The first-order valence-corrected chi connectivity index (χ1v) is 44.5. The Bertz CT molecular complexity index is 8760. The van der Waals surface area contributed by atoms with Crippen LogP contribution in [-0.2, 0) is 16.2 Å². The molecule has 0 bridgehead atoms. The Labute approximate surface area is 736 Å². The van der Waals surface area contributed by atoms with E-state index in [0.29, 0.717) is 0 Å². The van der Waals surface area contributed by atoms with Crippen LogP contribution in [0.5, 0.6) is 0 Å². The van der Waals surface area contributed by atoms with Gasteiger partial charge in [-0.2, -0.15) is 0 Å². The van der Waals surface area contributed by atoms with Crippen molar-refractivity contribution in [3.8, 4) is 77.9 Å². The van der Waals surface area contributed by atoms with E-state index in [0.717, 1.165) is 100 Å². The standard InChI is InChI=1S/C64H45NO.C59H39NO/c1-63(2)52-21-11-8-18-44(52)50-36-51-49-35-41(28-33-53(49)64(3,4)55(51)37-54(50)63)42-30-25-39-27-32-48-57(34-29-40-26-31-46(42)60(39)61(40)48)65(56-22-12-9-17-43(56)38-15-6-5-7-16-38)58-23-14-20-47-45-19-10-13-24-59(45)66-62(47)58;1-59(2)49-32-27-40(35-48(49)57-43-17-7-6-15-37(43)26-33-50(57)59)41-29-23-38-25-31-47-52(34-28-39-24-30-45(41)55(38)56(39)47)60(51-20-10-8-16-42(51)36-13-4-3-5-14-36)53-21-12-19-46-44-18-9-11-22-54(44)61-58(46)53/h5-37H,1-4H3;3-35H,1-2H3. The lowest BCUT2D eigenvalue weighted by Gasteiger charge is -2.29. The van der Waals surface area contributed by atoms with Crippen LogP contribution in [0.15, 0.2) is 409 Å². The molecule has 0 atom stereocenters. The van der Waals surface area contributed by atoms with Crippen molar-refractivity contribution < 1.29 is 8.83 Å². The quantitative estimate of drug-likeness (QED) is 0.128. The summed E-state index contributed by atoms with van der Waals surface area (Å²) in [6.45, 7) is 14.3. The van der Waals surface area contributed by atoms with Gasteiger partial charge in [-0.05, 0) is 232 Å². The van der Waals surface area contributed by atoms with E-state index in [4.69, 9.17) is 8.83 Å². The number of furan rings is 2. The molecule has 0 saturated heterocycles. The van der Waals surface area contributed by atoms with Crippen LogP contribution in [0.4, 0.5) is 34.1 Å². The second-order valence-corrected chi connectivity index (χ2v) is 36.8. The minimum Gasteiger partial charge on any atom is -0.454 e.